The molecule has 8 nitrogen and oxygen atoms in total. The van der Waals surface area contributed by atoms with Gasteiger partial charge in [0.1, 0.15) is 11.4 Å². The maximum atomic E-state index is 12.6. The van der Waals surface area contributed by atoms with E-state index in [1.54, 1.807) is 34.9 Å². The smallest absolute Gasteiger partial charge is 0.409 e. The van der Waals surface area contributed by atoms with Gasteiger partial charge in [0, 0.05) is 32.7 Å². The summed E-state index contributed by atoms with van der Waals surface area (Å²) in [5, 5.41) is 2.74. The number of hydrogen-bond acceptors (Lipinski definition) is 5. The number of hydrogen-bond donors (Lipinski definition) is 1. The molecule has 0 aromatic carbocycles. The van der Waals surface area contributed by atoms with Crippen molar-refractivity contribution in [2.24, 2.45) is 0 Å². The second-order valence-corrected chi connectivity index (χ2v) is 5.64. The first-order valence-electron chi connectivity index (χ1n) is 8.53. The molecule has 1 aromatic heterocycles. The fraction of sp³-hybridized carbons (Fsp3) is 0.529. The Morgan fingerprint density at radius 2 is 1.72 bits per heavy atom. The SMILES string of the molecule is CCCNC(=O)c1cccc(C(=O)N2CCN(C(=O)OCC)CC2)n1. The van der Waals surface area contributed by atoms with Gasteiger partial charge >= 0.3 is 6.09 Å². The van der Waals surface area contributed by atoms with Gasteiger partial charge in [-0.25, -0.2) is 9.78 Å². The van der Waals surface area contributed by atoms with Crippen LogP contribution >= 0.6 is 0 Å². The van der Waals surface area contributed by atoms with Crippen molar-refractivity contribution in [2.45, 2.75) is 20.3 Å². The molecule has 1 N–H and O–H groups in total. The van der Waals surface area contributed by atoms with Crippen LogP contribution in [0.1, 0.15) is 41.2 Å². The summed E-state index contributed by atoms with van der Waals surface area (Å²) in [5.41, 5.74) is 0.457. The first kappa shape index (κ1) is 18.7. The molecule has 1 saturated heterocycles. The van der Waals surface area contributed by atoms with Gasteiger partial charge in [0.05, 0.1) is 6.61 Å². The number of carbonyl (C=O) groups excluding carboxylic acids is 3. The number of piperazine rings is 1. The Balaban J connectivity index is 1.97. The fourth-order valence-corrected chi connectivity index (χ4v) is 2.48. The Bertz CT molecular complexity index is 627. The predicted molar refractivity (Wildman–Crippen MR) is 91.4 cm³/mol. The van der Waals surface area contributed by atoms with Gasteiger partial charge in [-0.05, 0) is 25.5 Å². The van der Waals surface area contributed by atoms with E-state index >= 15 is 0 Å². The third-order valence-corrected chi connectivity index (χ3v) is 3.83. The highest BCUT2D eigenvalue weighted by Crippen LogP contribution is 2.09. The molecule has 0 saturated carbocycles. The van der Waals surface area contributed by atoms with Gasteiger partial charge < -0.3 is 19.9 Å². The lowest BCUT2D eigenvalue weighted by Crippen LogP contribution is -2.50. The molecule has 3 amide bonds. The normalized spacial score (nSPS) is 14.2. The third kappa shape index (κ3) is 4.91. The first-order chi connectivity index (χ1) is 12.1. The highest BCUT2D eigenvalue weighted by atomic mass is 16.6. The molecule has 2 heterocycles. The molecule has 1 aliphatic rings. The average molecular weight is 348 g/mol. The molecule has 0 unspecified atom stereocenters. The van der Waals surface area contributed by atoms with Crippen LogP contribution < -0.4 is 5.32 Å². The zero-order valence-corrected chi connectivity index (χ0v) is 14.7. The minimum absolute atomic E-state index is 0.226. The lowest BCUT2D eigenvalue weighted by atomic mass is 10.2. The highest BCUT2D eigenvalue weighted by Gasteiger charge is 2.26. The van der Waals surface area contributed by atoms with Crippen LogP contribution in [0.2, 0.25) is 0 Å². The van der Waals surface area contributed by atoms with E-state index in [4.69, 9.17) is 4.74 Å². The molecule has 25 heavy (non-hydrogen) atoms. The van der Waals surface area contributed by atoms with Crippen LogP contribution in [0.25, 0.3) is 0 Å². The first-order valence-corrected chi connectivity index (χ1v) is 8.53. The standard InChI is InChI=1S/C17H24N4O4/c1-3-8-18-15(22)13-6-5-7-14(19-13)16(23)20-9-11-21(12-10-20)17(24)25-4-2/h5-7H,3-4,8-12H2,1-2H3,(H,18,22). The summed E-state index contributed by atoms with van der Waals surface area (Å²) in [7, 11) is 0. The van der Waals surface area contributed by atoms with Crippen molar-refractivity contribution < 1.29 is 19.1 Å². The van der Waals surface area contributed by atoms with Gasteiger partial charge in [0.2, 0.25) is 0 Å². The topological polar surface area (TPSA) is 91.8 Å². The van der Waals surface area contributed by atoms with E-state index in [1.807, 2.05) is 6.92 Å². The van der Waals surface area contributed by atoms with E-state index in [0.717, 1.165) is 6.42 Å². The molecule has 1 aliphatic heterocycles. The predicted octanol–water partition coefficient (Wildman–Crippen LogP) is 1.14. The Kier molecular flexibility index (Phi) is 6.73. The van der Waals surface area contributed by atoms with E-state index in [-0.39, 0.29) is 29.3 Å². The monoisotopic (exact) mass is 348 g/mol. The summed E-state index contributed by atoms with van der Waals surface area (Å²) < 4.78 is 4.96. The molecule has 8 heteroatoms. The highest BCUT2D eigenvalue weighted by molar-refractivity contribution is 5.96. The Morgan fingerprint density at radius 3 is 2.36 bits per heavy atom. The molecule has 1 fully saturated rings. The molecule has 0 aliphatic carbocycles. The maximum absolute atomic E-state index is 12.6. The Morgan fingerprint density at radius 1 is 1.08 bits per heavy atom. The van der Waals surface area contributed by atoms with Crippen molar-refractivity contribution in [3.05, 3.63) is 29.6 Å². The summed E-state index contributed by atoms with van der Waals surface area (Å²) in [4.78, 5) is 43.6. The largest absolute Gasteiger partial charge is 0.450 e. The number of aromatic nitrogens is 1. The number of amides is 3. The van der Waals surface area contributed by atoms with Gasteiger partial charge in [0.15, 0.2) is 0 Å². The Hall–Kier alpha value is -2.64. The van der Waals surface area contributed by atoms with Crippen LogP contribution in [0.4, 0.5) is 4.79 Å². The quantitative estimate of drug-likeness (QED) is 0.861. The number of nitrogens with one attached hydrogen (secondary N) is 1. The summed E-state index contributed by atoms with van der Waals surface area (Å²) in [6.07, 6.45) is 0.470. The number of rotatable bonds is 5. The van der Waals surface area contributed by atoms with Gasteiger partial charge in [0.25, 0.3) is 11.8 Å². The average Bonchev–Trinajstić information content (AvgIpc) is 2.66. The van der Waals surface area contributed by atoms with Crippen LogP contribution in [0.3, 0.4) is 0 Å². The molecule has 136 valence electrons. The summed E-state index contributed by atoms with van der Waals surface area (Å²) in [6, 6.07) is 4.83. The van der Waals surface area contributed by atoms with E-state index in [2.05, 4.69) is 10.3 Å². The lowest BCUT2D eigenvalue weighted by molar-refractivity contribution is 0.0565. The Labute approximate surface area is 147 Å². The van der Waals surface area contributed by atoms with Crippen LogP contribution in [-0.2, 0) is 4.74 Å². The van der Waals surface area contributed by atoms with Crippen molar-refractivity contribution in [2.75, 3.05) is 39.3 Å². The van der Waals surface area contributed by atoms with Crippen molar-refractivity contribution >= 4 is 17.9 Å². The van der Waals surface area contributed by atoms with Gasteiger partial charge in [-0.2, -0.15) is 0 Å². The number of ether oxygens (including phenoxy) is 1. The zero-order valence-electron chi connectivity index (χ0n) is 14.7. The van der Waals surface area contributed by atoms with E-state index in [9.17, 15) is 14.4 Å². The van der Waals surface area contributed by atoms with Crippen LogP contribution in [0.15, 0.2) is 18.2 Å². The third-order valence-electron chi connectivity index (χ3n) is 3.83. The number of nitrogens with zero attached hydrogens (tertiary/aromatic N) is 3. The van der Waals surface area contributed by atoms with E-state index in [1.165, 1.54) is 0 Å². The maximum Gasteiger partial charge on any atom is 0.409 e. The summed E-state index contributed by atoms with van der Waals surface area (Å²) in [5.74, 6) is -0.530. The van der Waals surface area contributed by atoms with E-state index < -0.39 is 0 Å². The second kappa shape index (κ2) is 9.00. The lowest BCUT2D eigenvalue weighted by Gasteiger charge is -2.33. The number of carbonyl (C=O) groups is 3. The molecular weight excluding hydrogens is 324 g/mol. The molecular formula is C17H24N4O4. The molecule has 0 bridgehead atoms. The van der Waals surface area contributed by atoms with Crippen LogP contribution in [0, 0.1) is 0 Å². The molecule has 0 atom stereocenters. The van der Waals surface area contributed by atoms with Crippen molar-refractivity contribution in [1.29, 1.82) is 0 Å². The number of pyridine rings is 1. The van der Waals surface area contributed by atoms with Crippen molar-refractivity contribution in [3.8, 4) is 0 Å². The van der Waals surface area contributed by atoms with Gasteiger partial charge in [-0.1, -0.05) is 13.0 Å². The van der Waals surface area contributed by atoms with E-state index in [0.29, 0.717) is 39.3 Å². The summed E-state index contributed by atoms with van der Waals surface area (Å²) in [6.45, 7) is 6.26. The summed E-state index contributed by atoms with van der Waals surface area (Å²) >= 11 is 0. The molecule has 2 rings (SSSR count). The van der Waals surface area contributed by atoms with Gasteiger partial charge in [-0.15, -0.1) is 0 Å². The van der Waals surface area contributed by atoms with Crippen LogP contribution in [0.5, 0.6) is 0 Å². The fourth-order valence-electron chi connectivity index (χ4n) is 2.48. The minimum atomic E-state index is -0.359. The zero-order chi connectivity index (χ0) is 18.2. The van der Waals surface area contributed by atoms with Gasteiger partial charge in [-0.3, -0.25) is 9.59 Å². The van der Waals surface area contributed by atoms with Crippen LogP contribution in [-0.4, -0.2) is 72.0 Å². The van der Waals surface area contributed by atoms with Crippen molar-refractivity contribution in [1.82, 2.24) is 20.1 Å². The molecule has 0 spiro atoms. The van der Waals surface area contributed by atoms with Crippen molar-refractivity contribution in [3.63, 3.8) is 0 Å². The molecule has 1 aromatic rings. The second-order valence-electron chi connectivity index (χ2n) is 5.64. The minimum Gasteiger partial charge on any atom is -0.450 e. The molecule has 0 radical (unpaired) electrons.